The van der Waals surface area contributed by atoms with Crippen LogP contribution in [0.4, 0.5) is 13.2 Å². The summed E-state index contributed by atoms with van der Waals surface area (Å²) in [4.78, 5) is 4.92. The number of halogens is 3. The van der Waals surface area contributed by atoms with Crippen LogP contribution >= 0.6 is 0 Å². The number of nitrogens with two attached hydrogens (primary N) is 1. The Balaban J connectivity index is 4.34. The molecule has 0 unspecified atom stereocenters. The topological polar surface area (TPSA) is 41.6 Å². The number of nitrogens with zero attached hydrogens (tertiary/aromatic N) is 2. The van der Waals surface area contributed by atoms with Gasteiger partial charge in [0.25, 0.3) is 0 Å². The first-order valence-corrected chi connectivity index (χ1v) is 4.88. The van der Waals surface area contributed by atoms with Gasteiger partial charge in [-0.2, -0.15) is 13.2 Å². The molecule has 0 saturated carbocycles. The van der Waals surface area contributed by atoms with Gasteiger partial charge in [0.15, 0.2) is 5.96 Å². The lowest BCUT2D eigenvalue weighted by Gasteiger charge is -2.23. The molecule has 0 aliphatic rings. The Morgan fingerprint density at radius 3 is 2.27 bits per heavy atom. The summed E-state index contributed by atoms with van der Waals surface area (Å²) in [6, 6.07) is 0. The molecule has 0 amide bonds. The smallest absolute Gasteiger partial charge is 0.370 e. The third-order valence-electron chi connectivity index (χ3n) is 1.69. The Bertz CT molecular complexity index is 211. The zero-order valence-corrected chi connectivity index (χ0v) is 9.30. The minimum absolute atomic E-state index is 0.0384. The monoisotopic (exact) mass is 225 g/mol. The number of hydrogen-bond donors (Lipinski definition) is 1. The molecule has 0 aromatic heterocycles. The maximum Gasteiger partial charge on any atom is 0.406 e. The van der Waals surface area contributed by atoms with Crippen molar-refractivity contribution in [2.75, 3.05) is 19.6 Å². The van der Waals surface area contributed by atoms with Gasteiger partial charge in [-0.1, -0.05) is 13.8 Å². The Morgan fingerprint density at radius 2 is 1.93 bits per heavy atom. The van der Waals surface area contributed by atoms with Gasteiger partial charge in [-0.15, -0.1) is 0 Å². The minimum atomic E-state index is -4.24. The van der Waals surface area contributed by atoms with Gasteiger partial charge in [0.1, 0.15) is 6.54 Å². The summed E-state index contributed by atoms with van der Waals surface area (Å²) in [6.45, 7) is 5.07. The second-order valence-corrected chi connectivity index (χ2v) is 3.72. The molecule has 0 aliphatic carbocycles. The van der Waals surface area contributed by atoms with Crippen LogP contribution in [0.2, 0.25) is 0 Å². The summed E-state index contributed by atoms with van der Waals surface area (Å²) in [5, 5.41) is 0. The van der Waals surface area contributed by atoms with E-state index in [-0.39, 0.29) is 18.4 Å². The normalized spacial score (nSPS) is 13.4. The SMILES string of the molecule is CCN(CC(F)(F)F)C(N)=NCC(C)C. The van der Waals surface area contributed by atoms with Crippen LogP contribution in [-0.4, -0.2) is 36.7 Å². The summed E-state index contributed by atoms with van der Waals surface area (Å²) in [7, 11) is 0. The molecule has 0 spiro atoms. The molecule has 0 aliphatic heterocycles. The second-order valence-electron chi connectivity index (χ2n) is 3.72. The molecule has 0 aromatic rings. The lowest BCUT2D eigenvalue weighted by atomic mass is 10.2. The molecule has 0 atom stereocenters. The summed E-state index contributed by atoms with van der Waals surface area (Å²) in [5.41, 5.74) is 5.46. The highest BCUT2D eigenvalue weighted by Gasteiger charge is 2.30. The first-order valence-electron chi connectivity index (χ1n) is 4.88. The van der Waals surface area contributed by atoms with Crippen LogP contribution in [0.1, 0.15) is 20.8 Å². The zero-order chi connectivity index (χ0) is 12.1. The van der Waals surface area contributed by atoms with E-state index in [4.69, 9.17) is 5.73 Å². The van der Waals surface area contributed by atoms with Gasteiger partial charge < -0.3 is 10.6 Å². The molecular weight excluding hydrogens is 207 g/mol. The molecule has 15 heavy (non-hydrogen) atoms. The third-order valence-corrected chi connectivity index (χ3v) is 1.69. The van der Waals surface area contributed by atoms with Crippen LogP contribution in [0, 0.1) is 5.92 Å². The number of alkyl halides is 3. The molecule has 0 saturated heterocycles. The molecule has 6 heteroatoms. The molecule has 2 N–H and O–H groups in total. The largest absolute Gasteiger partial charge is 0.406 e. The quantitative estimate of drug-likeness (QED) is 0.586. The van der Waals surface area contributed by atoms with Gasteiger partial charge >= 0.3 is 6.18 Å². The summed E-state index contributed by atoms with van der Waals surface area (Å²) in [6.07, 6.45) is -4.24. The van der Waals surface area contributed by atoms with E-state index in [1.54, 1.807) is 6.92 Å². The maximum atomic E-state index is 12.1. The van der Waals surface area contributed by atoms with E-state index in [0.717, 1.165) is 4.90 Å². The molecule has 0 fully saturated rings. The van der Waals surface area contributed by atoms with Crippen molar-refractivity contribution in [1.29, 1.82) is 0 Å². The highest BCUT2D eigenvalue weighted by atomic mass is 19.4. The average molecular weight is 225 g/mol. The Morgan fingerprint density at radius 1 is 1.40 bits per heavy atom. The molecule has 90 valence electrons. The van der Waals surface area contributed by atoms with Crippen molar-refractivity contribution in [3.05, 3.63) is 0 Å². The lowest BCUT2D eigenvalue weighted by molar-refractivity contribution is -0.137. The fraction of sp³-hybridized carbons (Fsp3) is 0.889. The molecule has 0 rings (SSSR count). The maximum absolute atomic E-state index is 12.1. The fourth-order valence-electron chi connectivity index (χ4n) is 0.947. The van der Waals surface area contributed by atoms with E-state index in [1.165, 1.54) is 0 Å². The van der Waals surface area contributed by atoms with E-state index in [1.807, 2.05) is 13.8 Å². The van der Waals surface area contributed by atoms with Gasteiger partial charge in [0.2, 0.25) is 0 Å². The van der Waals surface area contributed by atoms with E-state index in [9.17, 15) is 13.2 Å². The third kappa shape index (κ3) is 7.04. The van der Waals surface area contributed by atoms with Gasteiger partial charge in [-0.05, 0) is 12.8 Å². The van der Waals surface area contributed by atoms with E-state index in [0.29, 0.717) is 6.54 Å². The van der Waals surface area contributed by atoms with Crippen molar-refractivity contribution >= 4 is 5.96 Å². The van der Waals surface area contributed by atoms with Crippen molar-refractivity contribution in [3.63, 3.8) is 0 Å². The molecule has 0 bridgehead atoms. The predicted molar refractivity (Wildman–Crippen MR) is 54.6 cm³/mol. The fourth-order valence-corrected chi connectivity index (χ4v) is 0.947. The minimum Gasteiger partial charge on any atom is -0.370 e. The summed E-state index contributed by atoms with van der Waals surface area (Å²) in [5.74, 6) is 0.247. The number of aliphatic imine (C=N–C) groups is 1. The summed E-state index contributed by atoms with van der Waals surface area (Å²) >= 11 is 0. The van der Waals surface area contributed by atoms with Crippen molar-refractivity contribution in [3.8, 4) is 0 Å². The average Bonchev–Trinajstić information content (AvgIpc) is 2.08. The Hall–Kier alpha value is -0.940. The van der Waals surface area contributed by atoms with Crippen molar-refractivity contribution in [2.24, 2.45) is 16.6 Å². The Labute approximate surface area is 88.2 Å². The summed E-state index contributed by atoms with van der Waals surface area (Å²) < 4.78 is 36.3. The van der Waals surface area contributed by atoms with E-state index in [2.05, 4.69) is 4.99 Å². The van der Waals surface area contributed by atoms with Gasteiger partial charge in [0, 0.05) is 13.1 Å². The van der Waals surface area contributed by atoms with Crippen molar-refractivity contribution in [1.82, 2.24) is 4.90 Å². The molecular formula is C9H18F3N3. The van der Waals surface area contributed by atoms with Gasteiger partial charge in [-0.3, -0.25) is 4.99 Å². The lowest BCUT2D eigenvalue weighted by Crippen LogP contribution is -2.43. The standard InChI is InChI=1S/C9H18F3N3/c1-4-15(6-9(10,11)12)8(13)14-5-7(2)3/h7H,4-6H2,1-3H3,(H2,13,14). The van der Waals surface area contributed by atoms with Crippen molar-refractivity contribution < 1.29 is 13.2 Å². The second kappa shape index (κ2) is 5.82. The van der Waals surface area contributed by atoms with E-state index >= 15 is 0 Å². The van der Waals surface area contributed by atoms with Crippen LogP contribution in [0.25, 0.3) is 0 Å². The van der Waals surface area contributed by atoms with Crippen LogP contribution < -0.4 is 5.73 Å². The number of guanidine groups is 1. The molecule has 0 radical (unpaired) electrons. The van der Waals surface area contributed by atoms with Gasteiger partial charge in [-0.25, -0.2) is 0 Å². The van der Waals surface area contributed by atoms with Crippen LogP contribution in [0.5, 0.6) is 0 Å². The van der Waals surface area contributed by atoms with Gasteiger partial charge in [0.05, 0.1) is 0 Å². The van der Waals surface area contributed by atoms with Crippen LogP contribution in [0.15, 0.2) is 4.99 Å². The number of hydrogen-bond acceptors (Lipinski definition) is 1. The predicted octanol–water partition coefficient (Wildman–Crippen LogP) is 1.84. The molecule has 0 heterocycles. The highest BCUT2D eigenvalue weighted by molar-refractivity contribution is 5.78. The van der Waals surface area contributed by atoms with Crippen LogP contribution in [-0.2, 0) is 0 Å². The Kier molecular flexibility index (Phi) is 5.46. The number of rotatable bonds is 4. The first-order chi connectivity index (χ1) is 6.76. The van der Waals surface area contributed by atoms with Crippen molar-refractivity contribution in [2.45, 2.75) is 26.9 Å². The zero-order valence-electron chi connectivity index (χ0n) is 9.30. The first kappa shape index (κ1) is 14.1. The van der Waals surface area contributed by atoms with E-state index < -0.39 is 12.7 Å². The van der Waals surface area contributed by atoms with Crippen LogP contribution in [0.3, 0.4) is 0 Å². The molecule has 3 nitrogen and oxygen atoms in total. The molecule has 0 aromatic carbocycles. The highest BCUT2D eigenvalue weighted by Crippen LogP contribution is 2.16.